The number of benzene rings is 2. The molecule has 0 atom stereocenters. The largest absolute Gasteiger partial charge is 0.293 e. The van der Waals surface area contributed by atoms with Gasteiger partial charge in [-0.15, -0.1) is 0 Å². The van der Waals surface area contributed by atoms with E-state index in [1.807, 2.05) is 0 Å². The van der Waals surface area contributed by atoms with Crippen LogP contribution in [0.15, 0.2) is 53.4 Å². The fourth-order valence-electron chi connectivity index (χ4n) is 2.18. The highest BCUT2D eigenvalue weighted by molar-refractivity contribution is 8.18. The fourth-order valence-corrected chi connectivity index (χ4v) is 3.22. The van der Waals surface area contributed by atoms with Gasteiger partial charge in [-0.1, -0.05) is 41.9 Å². The molecule has 0 spiro atoms. The van der Waals surface area contributed by atoms with E-state index in [9.17, 15) is 14.0 Å². The van der Waals surface area contributed by atoms with Crippen molar-refractivity contribution in [3.05, 3.63) is 75.4 Å². The summed E-state index contributed by atoms with van der Waals surface area (Å²) in [6, 6.07) is 13.1. The summed E-state index contributed by atoms with van der Waals surface area (Å²) in [7, 11) is 0. The summed E-state index contributed by atoms with van der Waals surface area (Å²) in [6.45, 7) is -0.0791. The van der Waals surface area contributed by atoms with Gasteiger partial charge in [-0.25, -0.2) is 4.39 Å². The van der Waals surface area contributed by atoms with Crippen LogP contribution in [0.25, 0.3) is 6.08 Å². The molecular weight excluding hydrogens is 337 g/mol. The normalized spacial score (nSPS) is 16.4. The van der Waals surface area contributed by atoms with Crippen LogP contribution in [0.4, 0.5) is 9.18 Å². The van der Waals surface area contributed by atoms with Crippen molar-refractivity contribution >= 4 is 40.6 Å². The van der Waals surface area contributed by atoms with Crippen LogP contribution < -0.4 is 0 Å². The van der Waals surface area contributed by atoms with Crippen molar-refractivity contribution < 1.29 is 14.0 Å². The molecule has 1 saturated heterocycles. The molecule has 1 heterocycles. The molecule has 3 rings (SSSR count). The first-order valence-electron chi connectivity index (χ1n) is 6.79. The Kier molecular flexibility index (Phi) is 4.50. The highest BCUT2D eigenvalue weighted by Crippen LogP contribution is 2.33. The molecular formula is C17H11ClFNO2S. The number of hydrogen-bond acceptors (Lipinski definition) is 3. The highest BCUT2D eigenvalue weighted by Gasteiger charge is 2.35. The first-order valence-corrected chi connectivity index (χ1v) is 7.98. The van der Waals surface area contributed by atoms with Gasteiger partial charge in [0.15, 0.2) is 0 Å². The first kappa shape index (κ1) is 15.8. The maximum absolute atomic E-state index is 13.7. The van der Waals surface area contributed by atoms with E-state index in [0.29, 0.717) is 15.5 Å². The highest BCUT2D eigenvalue weighted by atomic mass is 35.5. The van der Waals surface area contributed by atoms with E-state index in [2.05, 4.69) is 0 Å². The Balaban J connectivity index is 1.84. The molecule has 116 valence electrons. The lowest BCUT2D eigenvalue weighted by atomic mass is 10.2. The number of thioether (sulfide) groups is 1. The fraction of sp³-hybridized carbons (Fsp3) is 0.0588. The number of carbonyl (C=O) groups excluding carboxylic acids is 2. The Bertz CT molecular complexity index is 822. The van der Waals surface area contributed by atoms with Gasteiger partial charge in [0.25, 0.3) is 11.1 Å². The van der Waals surface area contributed by atoms with Gasteiger partial charge in [0.1, 0.15) is 5.82 Å². The monoisotopic (exact) mass is 347 g/mol. The number of hydrogen-bond donors (Lipinski definition) is 0. The van der Waals surface area contributed by atoms with Gasteiger partial charge in [-0.3, -0.25) is 14.5 Å². The smallest absolute Gasteiger partial charge is 0.268 e. The molecule has 0 bridgehead atoms. The molecule has 6 heteroatoms. The van der Waals surface area contributed by atoms with Crippen molar-refractivity contribution in [1.29, 1.82) is 0 Å². The number of rotatable bonds is 3. The first-order chi connectivity index (χ1) is 11.0. The average Bonchev–Trinajstić information content (AvgIpc) is 2.77. The third-order valence-corrected chi connectivity index (χ3v) is 4.45. The van der Waals surface area contributed by atoms with Crippen LogP contribution in [0.1, 0.15) is 11.1 Å². The summed E-state index contributed by atoms with van der Waals surface area (Å²) < 4.78 is 13.7. The van der Waals surface area contributed by atoms with Gasteiger partial charge < -0.3 is 0 Å². The standard InChI is InChI=1S/C17H11ClFNO2S/c18-13-6-3-4-11(8-13)9-15-16(21)20(17(22)23-15)10-12-5-1-2-7-14(12)19/h1-9H,10H2/b15-9-. The minimum absolute atomic E-state index is 0.0791. The second kappa shape index (κ2) is 6.56. The number of imide groups is 1. The van der Waals surface area contributed by atoms with Crippen LogP contribution in [0.2, 0.25) is 5.02 Å². The average molecular weight is 348 g/mol. The van der Waals surface area contributed by atoms with E-state index >= 15 is 0 Å². The van der Waals surface area contributed by atoms with E-state index in [1.54, 1.807) is 48.5 Å². The molecule has 0 N–H and O–H groups in total. The van der Waals surface area contributed by atoms with Crippen molar-refractivity contribution in [1.82, 2.24) is 4.90 Å². The van der Waals surface area contributed by atoms with Gasteiger partial charge in [0, 0.05) is 10.6 Å². The molecule has 23 heavy (non-hydrogen) atoms. The zero-order valence-electron chi connectivity index (χ0n) is 11.8. The Morgan fingerprint density at radius 2 is 1.91 bits per heavy atom. The van der Waals surface area contributed by atoms with Gasteiger partial charge in [-0.05, 0) is 41.6 Å². The Hall–Kier alpha value is -2.11. The second-order valence-corrected chi connectivity index (χ2v) is 6.34. The zero-order chi connectivity index (χ0) is 16.4. The Morgan fingerprint density at radius 1 is 1.13 bits per heavy atom. The van der Waals surface area contributed by atoms with Gasteiger partial charge in [0.05, 0.1) is 11.4 Å². The van der Waals surface area contributed by atoms with Crippen LogP contribution in [0, 0.1) is 5.82 Å². The molecule has 2 aromatic carbocycles. The van der Waals surface area contributed by atoms with Crippen LogP contribution in [-0.2, 0) is 11.3 Å². The van der Waals surface area contributed by atoms with E-state index in [-0.39, 0.29) is 6.54 Å². The van der Waals surface area contributed by atoms with Crippen LogP contribution in [-0.4, -0.2) is 16.0 Å². The summed E-state index contributed by atoms with van der Waals surface area (Å²) in [5, 5.41) is 0.135. The van der Waals surface area contributed by atoms with E-state index in [0.717, 1.165) is 22.2 Å². The van der Waals surface area contributed by atoms with Crippen molar-refractivity contribution in [2.45, 2.75) is 6.54 Å². The minimum atomic E-state index is -0.439. The molecule has 1 aliphatic rings. The number of amides is 2. The molecule has 0 unspecified atom stereocenters. The molecule has 2 aromatic rings. The SMILES string of the molecule is O=C1S/C(=C\c2cccc(Cl)c2)C(=O)N1Cc1ccccc1F. The van der Waals surface area contributed by atoms with Crippen molar-refractivity contribution in [2.75, 3.05) is 0 Å². The molecule has 0 aliphatic carbocycles. The van der Waals surface area contributed by atoms with E-state index in [1.165, 1.54) is 6.07 Å². The molecule has 1 fully saturated rings. The molecule has 0 aromatic heterocycles. The van der Waals surface area contributed by atoms with Gasteiger partial charge >= 0.3 is 0 Å². The number of carbonyl (C=O) groups is 2. The molecule has 0 radical (unpaired) electrons. The molecule has 3 nitrogen and oxygen atoms in total. The second-order valence-electron chi connectivity index (χ2n) is 4.91. The maximum Gasteiger partial charge on any atom is 0.293 e. The molecule has 1 aliphatic heterocycles. The van der Waals surface area contributed by atoms with Gasteiger partial charge in [0.2, 0.25) is 0 Å². The van der Waals surface area contributed by atoms with Crippen molar-refractivity contribution in [3.8, 4) is 0 Å². The lowest BCUT2D eigenvalue weighted by Gasteiger charge is -2.12. The lowest BCUT2D eigenvalue weighted by Crippen LogP contribution is -2.27. The predicted octanol–water partition coefficient (Wildman–Crippen LogP) is 4.72. The minimum Gasteiger partial charge on any atom is -0.268 e. The molecule has 0 saturated carbocycles. The quantitative estimate of drug-likeness (QED) is 0.754. The number of nitrogens with zero attached hydrogens (tertiary/aromatic N) is 1. The lowest BCUT2D eigenvalue weighted by molar-refractivity contribution is -0.123. The maximum atomic E-state index is 13.7. The third kappa shape index (κ3) is 3.46. The third-order valence-electron chi connectivity index (χ3n) is 3.31. The summed E-state index contributed by atoms with van der Waals surface area (Å²) in [4.78, 5) is 25.8. The Labute approximate surface area is 141 Å². The van der Waals surface area contributed by atoms with Crippen molar-refractivity contribution in [2.24, 2.45) is 0 Å². The predicted molar refractivity (Wildman–Crippen MR) is 89.4 cm³/mol. The number of halogens is 2. The van der Waals surface area contributed by atoms with E-state index in [4.69, 9.17) is 11.6 Å². The summed E-state index contributed by atoms with van der Waals surface area (Å²) >= 11 is 6.75. The van der Waals surface area contributed by atoms with E-state index < -0.39 is 17.0 Å². The zero-order valence-corrected chi connectivity index (χ0v) is 13.4. The topological polar surface area (TPSA) is 37.4 Å². The molecule has 2 amide bonds. The van der Waals surface area contributed by atoms with Crippen molar-refractivity contribution in [3.63, 3.8) is 0 Å². The van der Waals surface area contributed by atoms with Crippen LogP contribution in [0.5, 0.6) is 0 Å². The Morgan fingerprint density at radius 3 is 2.65 bits per heavy atom. The van der Waals surface area contributed by atoms with Gasteiger partial charge in [-0.2, -0.15) is 0 Å². The summed E-state index contributed by atoms with van der Waals surface area (Å²) in [5.74, 6) is -0.867. The van der Waals surface area contributed by atoms with Crippen LogP contribution >= 0.6 is 23.4 Å². The summed E-state index contributed by atoms with van der Waals surface area (Å²) in [5.41, 5.74) is 1.03. The summed E-state index contributed by atoms with van der Waals surface area (Å²) in [6.07, 6.45) is 1.61. The van der Waals surface area contributed by atoms with Crippen LogP contribution in [0.3, 0.4) is 0 Å².